The number of rotatable bonds is 2. The molecule has 0 amide bonds. The first kappa shape index (κ1) is 14.9. The van der Waals surface area contributed by atoms with Crippen molar-refractivity contribution in [3.8, 4) is 22.4 Å². The zero-order chi connectivity index (χ0) is 16.6. The highest BCUT2D eigenvalue weighted by Crippen LogP contribution is 2.43. The van der Waals surface area contributed by atoms with Crippen LogP contribution in [0.15, 0.2) is 60.8 Å². The molecule has 2 aliphatic carbocycles. The van der Waals surface area contributed by atoms with Crippen LogP contribution < -0.4 is 0 Å². The molecule has 3 aromatic rings. The van der Waals surface area contributed by atoms with Crippen LogP contribution in [0.2, 0.25) is 0 Å². The van der Waals surface area contributed by atoms with Crippen LogP contribution in [0.3, 0.4) is 0 Å². The fraction of sp³-hybridized carbons (Fsp3) is 0.292. The van der Waals surface area contributed by atoms with E-state index in [4.69, 9.17) is 0 Å². The Bertz CT molecular complexity index is 879. The quantitative estimate of drug-likeness (QED) is 0.549. The molecule has 0 unspecified atom stereocenters. The van der Waals surface area contributed by atoms with E-state index in [0.29, 0.717) is 0 Å². The maximum Gasteiger partial charge on any atom is 0.0708 e. The predicted octanol–water partition coefficient (Wildman–Crippen LogP) is 6.17. The van der Waals surface area contributed by atoms with E-state index >= 15 is 0 Å². The van der Waals surface area contributed by atoms with E-state index in [-0.39, 0.29) is 0 Å². The second kappa shape index (κ2) is 6.15. The van der Waals surface area contributed by atoms with Crippen molar-refractivity contribution in [3.63, 3.8) is 0 Å². The first-order valence-corrected chi connectivity index (χ1v) is 9.56. The van der Waals surface area contributed by atoms with Gasteiger partial charge in [-0.2, -0.15) is 0 Å². The van der Waals surface area contributed by atoms with E-state index in [2.05, 4.69) is 59.6 Å². The maximum atomic E-state index is 4.59. The Labute approximate surface area is 149 Å². The Kier molecular flexibility index (Phi) is 3.66. The summed E-state index contributed by atoms with van der Waals surface area (Å²) in [7, 11) is 0. The van der Waals surface area contributed by atoms with E-state index < -0.39 is 0 Å². The molecule has 0 radical (unpaired) electrons. The van der Waals surface area contributed by atoms with Gasteiger partial charge in [-0.1, -0.05) is 42.5 Å². The molecular formula is C24H23N. The predicted molar refractivity (Wildman–Crippen MR) is 104 cm³/mol. The second-order valence-electron chi connectivity index (χ2n) is 7.49. The lowest BCUT2D eigenvalue weighted by molar-refractivity contribution is 0.477. The highest BCUT2D eigenvalue weighted by Gasteiger charge is 2.26. The van der Waals surface area contributed by atoms with Gasteiger partial charge in [0.25, 0.3) is 0 Å². The first-order valence-electron chi connectivity index (χ1n) is 9.56. The Balaban J connectivity index is 1.60. The third-order valence-electron chi connectivity index (χ3n) is 5.92. The zero-order valence-electron chi connectivity index (χ0n) is 14.5. The third-order valence-corrected chi connectivity index (χ3v) is 5.92. The van der Waals surface area contributed by atoms with E-state index in [9.17, 15) is 0 Å². The maximum absolute atomic E-state index is 4.59. The number of hydrogen-bond donors (Lipinski definition) is 0. The van der Waals surface area contributed by atoms with Crippen LogP contribution in [0.4, 0.5) is 0 Å². The van der Waals surface area contributed by atoms with Gasteiger partial charge in [0.2, 0.25) is 0 Å². The van der Waals surface area contributed by atoms with Gasteiger partial charge in [0.15, 0.2) is 0 Å². The minimum Gasteiger partial charge on any atom is -0.256 e. The van der Waals surface area contributed by atoms with E-state index in [1.807, 2.05) is 6.20 Å². The van der Waals surface area contributed by atoms with Gasteiger partial charge in [0, 0.05) is 11.8 Å². The lowest BCUT2D eigenvalue weighted by Gasteiger charge is -2.32. The summed E-state index contributed by atoms with van der Waals surface area (Å²) in [5.74, 6) is 0.832. The minimum atomic E-state index is 0.832. The van der Waals surface area contributed by atoms with Crippen LogP contribution >= 0.6 is 0 Å². The average molecular weight is 325 g/mol. The van der Waals surface area contributed by atoms with Crippen molar-refractivity contribution >= 4 is 0 Å². The molecule has 0 fully saturated rings. The fourth-order valence-corrected chi connectivity index (χ4v) is 4.77. The highest BCUT2D eigenvalue weighted by molar-refractivity contribution is 5.72. The summed E-state index contributed by atoms with van der Waals surface area (Å²) in [5, 5.41) is 0. The Hall–Kier alpha value is -2.41. The molecule has 1 aromatic heterocycles. The molecular weight excluding hydrogens is 302 g/mol. The number of aryl methyl sites for hydroxylation is 2. The van der Waals surface area contributed by atoms with Crippen LogP contribution in [-0.2, 0) is 12.8 Å². The van der Waals surface area contributed by atoms with Crippen LogP contribution in [0, 0.1) is 0 Å². The molecule has 5 rings (SSSR count). The van der Waals surface area contributed by atoms with Crippen molar-refractivity contribution in [2.24, 2.45) is 0 Å². The molecule has 2 aliphatic rings. The molecule has 0 saturated carbocycles. The molecule has 25 heavy (non-hydrogen) atoms. The summed E-state index contributed by atoms with van der Waals surface area (Å²) < 4.78 is 0. The van der Waals surface area contributed by atoms with Gasteiger partial charge in [-0.05, 0) is 84.4 Å². The van der Waals surface area contributed by atoms with Gasteiger partial charge in [0.05, 0.1) is 5.69 Å². The molecule has 0 saturated heterocycles. The Morgan fingerprint density at radius 1 is 0.720 bits per heavy atom. The summed E-state index contributed by atoms with van der Waals surface area (Å²) in [4.78, 5) is 4.59. The molecule has 0 bridgehead atoms. The summed E-state index contributed by atoms with van der Waals surface area (Å²) in [6.07, 6.45) is 9.95. The smallest absolute Gasteiger partial charge is 0.0708 e. The summed E-state index contributed by atoms with van der Waals surface area (Å²) in [6, 6.07) is 19.8. The van der Waals surface area contributed by atoms with Crippen molar-refractivity contribution < 1.29 is 0 Å². The number of nitrogens with zero attached hydrogens (tertiary/aromatic N) is 1. The van der Waals surface area contributed by atoms with Crippen molar-refractivity contribution in [2.75, 3.05) is 0 Å². The lowest BCUT2D eigenvalue weighted by Crippen LogP contribution is -2.17. The zero-order valence-corrected chi connectivity index (χ0v) is 14.5. The minimum absolute atomic E-state index is 0.832. The molecule has 124 valence electrons. The topological polar surface area (TPSA) is 12.9 Å². The van der Waals surface area contributed by atoms with Crippen molar-refractivity contribution in [1.82, 2.24) is 4.98 Å². The van der Waals surface area contributed by atoms with E-state index in [0.717, 1.165) is 11.6 Å². The SMILES string of the molecule is c1ccc(-c2cc(-c3cc4c5c(c3)CCCC5CCC4)ccn2)cc1. The molecule has 0 aliphatic heterocycles. The number of aromatic nitrogens is 1. The normalized spacial score (nSPS) is 16.5. The molecule has 0 N–H and O–H groups in total. The van der Waals surface area contributed by atoms with Crippen molar-refractivity contribution in [1.29, 1.82) is 0 Å². The number of hydrogen-bond acceptors (Lipinski definition) is 1. The van der Waals surface area contributed by atoms with E-state index in [1.54, 1.807) is 16.7 Å². The molecule has 1 heterocycles. The summed E-state index contributed by atoms with van der Waals surface area (Å²) in [6.45, 7) is 0. The van der Waals surface area contributed by atoms with E-state index in [1.165, 1.54) is 55.2 Å². The van der Waals surface area contributed by atoms with Crippen molar-refractivity contribution in [2.45, 2.75) is 44.4 Å². The van der Waals surface area contributed by atoms with Gasteiger partial charge in [0.1, 0.15) is 0 Å². The second-order valence-corrected chi connectivity index (χ2v) is 7.49. The Morgan fingerprint density at radius 2 is 1.44 bits per heavy atom. The lowest BCUT2D eigenvalue weighted by atomic mass is 9.72. The first-order chi connectivity index (χ1) is 12.4. The summed E-state index contributed by atoms with van der Waals surface area (Å²) in [5.41, 5.74) is 9.84. The largest absolute Gasteiger partial charge is 0.256 e. The Morgan fingerprint density at radius 3 is 2.16 bits per heavy atom. The van der Waals surface area contributed by atoms with Crippen LogP contribution in [-0.4, -0.2) is 4.98 Å². The molecule has 0 atom stereocenters. The van der Waals surface area contributed by atoms with Crippen molar-refractivity contribution in [3.05, 3.63) is 77.5 Å². The monoisotopic (exact) mass is 325 g/mol. The van der Waals surface area contributed by atoms with Crippen LogP contribution in [0.1, 0.15) is 48.3 Å². The summed E-state index contributed by atoms with van der Waals surface area (Å²) >= 11 is 0. The number of benzene rings is 2. The molecule has 1 nitrogen and oxygen atoms in total. The molecule has 1 heteroatoms. The van der Waals surface area contributed by atoms with Gasteiger partial charge >= 0.3 is 0 Å². The fourth-order valence-electron chi connectivity index (χ4n) is 4.77. The molecule has 0 spiro atoms. The van der Waals surface area contributed by atoms with Gasteiger partial charge in [-0.3, -0.25) is 4.98 Å². The molecule has 2 aromatic carbocycles. The van der Waals surface area contributed by atoms with Gasteiger partial charge in [-0.15, -0.1) is 0 Å². The third kappa shape index (κ3) is 2.68. The van der Waals surface area contributed by atoms with Crippen LogP contribution in [0.5, 0.6) is 0 Å². The average Bonchev–Trinajstić information content (AvgIpc) is 2.69. The van der Waals surface area contributed by atoms with Crippen LogP contribution in [0.25, 0.3) is 22.4 Å². The number of pyridine rings is 1. The van der Waals surface area contributed by atoms with Gasteiger partial charge in [-0.25, -0.2) is 0 Å². The van der Waals surface area contributed by atoms with Gasteiger partial charge < -0.3 is 0 Å². The highest BCUT2D eigenvalue weighted by atomic mass is 14.7. The standard InChI is InChI=1S/C24H23N/c1-2-6-17(7-3-1)23-16-19(12-13-25-23)22-14-20-10-4-8-18-9-5-11-21(15-22)24(18)20/h1-3,6-7,12-16,18H,4-5,8-11H2.